The number of aryl methyl sites for hydroxylation is 1. The molecule has 4 aliphatic rings. The van der Waals surface area contributed by atoms with Gasteiger partial charge in [0.25, 0.3) is 0 Å². The standard InChI is InChI=1S/C41H43N9O3/c1-25-19-28(5-10-36(25)50-17-13-37(51)47-41(50)52)27-11-15-48(16-12-27)33-23-49(24-33)32-8-6-31(7-9-32)45-40-44-21-30-4-3-29(20-35(30)46-40)34-22-43-39-38(26(34)2)42-14-18-53-39/h3-10,19-22,27,33,42H,11-18,23-24H2,1-2H3,(H,44,45,46)(H,47,51,52). The van der Waals surface area contributed by atoms with Gasteiger partial charge >= 0.3 is 6.03 Å². The third-order valence-electron chi connectivity index (χ3n) is 11.3. The number of likely N-dealkylation sites (tertiary alicyclic amines) is 1. The molecule has 12 heteroatoms. The van der Waals surface area contributed by atoms with Crippen molar-refractivity contribution in [2.45, 2.75) is 45.1 Å². The summed E-state index contributed by atoms with van der Waals surface area (Å²) in [5.41, 5.74) is 10.5. The molecule has 3 N–H and O–H groups in total. The molecule has 3 saturated heterocycles. The summed E-state index contributed by atoms with van der Waals surface area (Å²) in [6, 6.07) is 21.5. The van der Waals surface area contributed by atoms with Gasteiger partial charge in [0.15, 0.2) is 0 Å². The summed E-state index contributed by atoms with van der Waals surface area (Å²) < 4.78 is 5.71. The van der Waals surface area contributed by atoms with Gasteiger partial charge in [0.1, 0.15) is 12.3 Å². The van der Waals surface area contributed by atoms with E-state index < -0.39 is 0 Å². The first kappa shape index (κ1) is 33.1. The molecule has 9 rings (SSSR count). The number of piperidine rings is 1. The maximum Gasteiger partial charge on any atom is 0.328 e. The van der Waals surface area contributed by atoms with Crippen molar-refractivity contribution < 1.29 is 14.3 Å². The third-order valence-corrected chi connectivity index (χ3v) is 11.3. The average Bonchev–Trinajstić information content (AvgIpc) is 3.15. The molecular weight excluding hydrogens is 667 g/mol. The average molecular weight is 710 g/mol. The highest BCUT2D eigenvalue weighted by Gasteiger charge is 2.34. The van der Waals surface area contributed by atoms with Crippen LogP contribution in [0.25, 0.3) is 22.0 Å². The van der Waals surface area contributed by atoms with Crippen molar-refractivity contribution in [1.82, 2.24) is 25.2 Å². The van der Waals surface area contributed by atoms with Crippen molar-refractivity contribution in [2.75, 3.05) is 66.3 Å². The summed E-state index contributed by atoms with van der Waals surface area (Å²) >= 11 is 0. The van der Waals surface area contributed by atoms with Gasteiger partial charge < -0.3 is 20.3 Å². The number of urea groups is 1. The molecule has 4 aliphatic heterocycles. The highest BCUT2D eigenvalue weighted by atomic mass is 16.5. The molecule has 5 aromatic rings. The zero-order valence-electron chi connectivity index (χ0n) is 30.1. The van der Waals surface area contributed by atoms with Crippen LogP contribution in [-0.4, -0.2) is 83.7 Å². The normalized spacial score (nSPS) is 18.2. The number of carbonyl (C=O) groups is 2. The lowest BCUT2D eigenvalue weighted by molar-refractivity contribution is -0.120. The number of rotatable bonds is 7. The van der Waals surface area contributed by atoms with Gasteiger partial charge in [0, 0.05) is 79.0 Å². The second-order valence-corrected chi connectivity index (χ2v) is 14.6. The largest absolute Gasteiger partial charge is 0.474 e. The van der Waals surface area contributed by atoms with E-state index in [0.29, 0.717) is 43.4 Å². The molecule has 0 bridgehead atoms. The van der Waals surface area contributed by atoms with Crippen molar-refractivity contribution >= 4 is 51.5 Å². The fraction of sp³-hybridized carbons (Fsp3) is 0.341. The van der Waals surface area contributed by atoms with E-state index in [9.17, 15) is 9.59 Å². The Hall–Kier alpha value is -5.75. The topological polar surface area (TPSA) is 128 Å². The molecule has 53 heavy (non-hydrogen) atoms. The number of pyridine rings is 1. The Labute approximate surface area is 308 Å². The van der Waals surface area contributed by atoms with E-state index in [4.69, 9.17) is 9.72 Å². The Morgan fingerprint density at radius 3 is 2.53 bits per heavy atom. The van der Waals surface area contributed by atoms with Gasteiger partial charge in [-0.1, -0.05) is 24.3 Å². The van der Waals surface area contributed by atoms with Gasteiger partial charge in [-0.3, -0.25) is 19.9 Å². The number of nitrogens with zero attached hydrogens (tertiary/aromatic N) is 6. The van der Waals surface area contributed by atoms with Crippen molar-refractivity contribution in [3.8, 4) is 17.0 Å². The first-order valence-electron chi connectivity index (χ1n) is 18.6. The maximum absolute atomic E-state index is 12.4. The predicted octanol–water partition coefficient (Wildman–Crippen LogP) is 6.37. The molecule has 2 aromatic heterocycles. The second-order valence-electron chi connectivity index (χ2n) is 14.6. The third kappa shape index (κ3) is 6.48. The quantitative estimate of drug-likeness (QED) is 0.175. The van der Waals surface area contributed by atoms with Crippen molar-refractivity contribution in [3.63, 3.8) is 0 Å². The van der Waals surface area contributed by atoms with E-state index in [1.54, 1.807) is 4.90 Å². The minimum absolute atomic E-state index is 0.208. The van der Waals surface area contributed by atoms with Gasteiger partial charge in [-0.25, -0.2) is 19.7 Å². The molecule has 270 valence electrons. The Kier molecular flexibility index (Phi) is 8.54. The number of benzene rings is 3. The van der Waals surface area contributed by atoms with Gasteiger partial charge in [-0.15, -0.1) is 0 Å². The molecule has 0 radical (unpaired) electrons. The SMILES string of the molecule is Cc1cc(C2CCN(C3CN(c4ccc(Nc5ncc6ccc(-c7cnc8c(c7C)NCCO8)cc6n5)cc4)C3)CC2)ccc1N1CCC(=O)NC1=O. The van der Waals surface area contributed by atoms with Crippen molar-refractivity contribution in [2.24, 2.45) is 0 Å². The Morgan fingerprint density at radius 2 is 1.74 bits per heavy atom. The lowest BCUT2D eigenvalue weighted by atomic mass is 9.87. The smallest absolute Gasteiger partial charge is 0.328 e. The molecule has 3 aromatic carbocycles. The van der Waals surface area contributed by atoms with Crippen LogP contribution in [0.1, 0.15) is 41.9 Å². The van der Waals surface area contributed by atoms with Crippen LogP contribution < -0.4 is 30.5 Å². The first-order chi connectivity index (χ1) is 25.9. The van der Waals surface area contributed by atoms with E-state index in [0.717, 1.165) is 95.8 Å². The number of hydrogen-bond acceptors (Lipinski definition) is 10. The molecule has 0 atom stereocenters. The summed E-state index contributed by atoms with van der Waals surface area (Å²) in [6.45, 7) is 10.2. The number of anilines is 5. The van der Waals surface area contributed by atoms with Gasteiger partial charge in [0.2, 0.25) is 17.7 Å². The van der Waals surface area contributed by atoms with Crippen LogP contribution in [0.5, 0.6) is 5.88 Å². The fourth-order valence-corrected chi connectivity index (χ4v) is 8.17. The molecule has 3 fully saturated rings. The van der Waals surface area contributed by atoms with E-state index >= 15 is 0 Å². The van der Waals surface area contributed by atoms with Crippen molar-refractivity contribution in [1.29, 1.82) is 0 Å². The van der Waals surface area contributed by atoms with E-state index in [2.05, 4.69) is 104 Å². The van der Waals surface area contributed by atoms with E-state index in [1.165, 1.54) is 11.3 Å². The van der Waals surface area contributed by atoms with Gasteiger partial charge in [0.05, 0.1) is 5.52 Å². The lowest BCUT2D eigenvalue weighted by Gasteiger charge is -2.48. The molecule has 0 saturated carbocycles. The number of fused-ring (bicyclic) bond motifs is 2. The number of imide groups is 1. The zero-order chi connectivity index (χ0) is 36.1. The summed E-state index contributed by atoms with van der Waals surface area (Å²) in [5, 5.41) is 10.2. The minimum atomic E-state index is -0.331. The molecule has 12 nitrogen and oxygen atoms in total. The van der Waals surface area contributed by atoms with Crippen LogP contribution in [-0.2, 0) is 4.79 Å². The van der Waals surface area contributed by atoms with E-state index in [-0.39, 0.29) is 11.9 Å². The summed E-state index contributed by atoms with van der Waals surface area (Å²) in [4.78, 5) is 44.7. The Bertz CT molecular complexity index is 2210. The van der Waals surface area contributed by atoms with Crippen LogP contribution in [0, 0.1) is 13.8 Å². The zero-order valence-corrected chi connectivity index (χ0v) is 30.1. The van der Waals surface area contributed by atoms with Crippen LogP contribution in [0.3, 0.4) is 0 Å². The summed E-state index contributed by atoms with van der Waals surface area (Å²) in [6.07, 6.45) is 6.33. The molecule has 0 spiro atoms. The minimum Gasteiger partial charge on any atom is -0.474 e. The lowest BCUT2D eigenvalue weighted by Crippen LogP contribution is -2.60. The second kappa shape index (κ2) is 13.7. The number of aromatic nitrogens is 3. The van der Waals surface area contributed by atoms with Crippen molar-refractivity contribution in [3.05, 3.63) is 89.7 Å². The van der Waals surface area contributed by atoms with Crippen LogP contribution in [0.15, 0.2) is 73.1 Å². The molecule has 3 amide bonds. The van der Waals surface area contributed by atoms with Gasteiger partial charge in [-0.2, -0.15) is 0 Å². The Morgan fingerprint density at radius 1 is 0.906 bits per heavy atom. The number of amides is 3. The highest BCUT2D eigenvalue weighted by molar-refractivity contribution is 6.06. The number of ether oxygens (including phenoxy) is 1. The maximum atomic E-state index is 12.4. The summed E-state index contributed by atoms with van der Waals surface area (Å²) in [7, 11) is 0. The monoisotopic (exact) mass is 709 g/mol. The molecule has 0 unspecified atom stereocenters. The molecule has 0 aliphatic carbocycles. The molecule has 6 heterocycles. The van der Waals surface area contributed by atoms with Crippen LogP contribution >= 0.6 is 0 Å². The van der Waals surface area contributed by atoms with Gasteiger partial charge in [-0.05, 0) is 104 Å². The van der Waals surface area contributed by atoms with Crippen LogP contribution in [0.2, 0.25) is 0 Å². The number of nitrogens with one attached hydrogen (secondary N) is 3. The number of hydrogen-bond donors (Lipinski definition) is 3. The number of carbonyl (C=O) groups excluding carboxylic acids is 2. The highest BCUT2D eigenvalue weighted by Crippen LogP contribution is 2.37. The van der Waals surface area contributed by atoms with E-state index in [1.807, 2.05) is 18.5 Å². The van der Waals surface area contributed by atoms with Crippen LogP contribution in [0.4, 0.5) is 33.5 Å². The molecular formula is C41H43N9O3. The Balaban J connectivity index is 0.784. The predicted molar refractivity (Wildman–Crippen MR) is 207 cm³/mol. The first-order valence-corrected chi connectivity index (χ1v) is 18.6. The fourth-order valence-electron chi connectivity index (χ4n) is 8.17. The summed E-state index contributed by atoms with van der Waals surface area (Å²) in [5.74, 6) is 1.53.